The summed E-state index contributed by atoms with van der Waals surface area (Å²) in [6.07, 6.45) is 9.54. The molecule has 0 radical (unpaired) electrons. The van der Waals surface area contributed by atoms with Gasteiger partial charge < -0.3 is 10.5 Å². The van der Waals surface area contributed by atoms with Gasteiger partial charge in [-0.2, -0.15) is 5.10 Å². The van der Waals surface area contributed by atoms with Gasteiger partial charge in [-0.3, -0.25) is 4.68 Å². The third-order valence-corrected chi connectivity index (χ3v) is 3.66. The number of methoxy groups -OCH3 is 1. The molecule has 5 heteroatoms. The number of carbonyl (C=O) groups is 1. The first-order valence-electron chi connectivity index (χ1n) is 6.62. The smallest absolute Gasteiger partial charge is 0.360 e. The van der Waals surface area contributed by atoms with Crippen molar-refractivity contribution in [1.82, 2.24) is 9.78 Å². The Morgan fingerprint density at radius 3 is 2.89 bits per heavy atom. The SMILES string of the molecule is COC(=O)c1nn(CCC2CCCCC2)cc1N. The molecule has 0 unspecified atom stereocenters. The van der Waals surface area contributed by atoms with Crippen molar-refractivity contribution < 1.29 is 9.53 Å². The minimum Gasteiger partial charge on any atom is -0.464 e. The molecule has 2 N–H and O–H groups in total. The van der Waals surface area contributed by atoms with Crippen LogP contribution in [0.5, 0.6) is 0 Å². The number of ether oxygens (including phenoxy) is 1. The van der Waals surface area contributed by atoms with Crippen LogP contribution < -0.4 is 5.73 Å². The maximum Gasteiger partial charge on any atom is 0.360 e. The van der Waals surface area contributed by atoms with Gasteiger partial charge in [0.2, 0.25) is 0 Å². The van der Waals surface area contributed by atoms with Gasteiger partial charge in [-0.25, -0.2) is 4.79 Å². The standard InChI is InChI=1S/C13H21N3O2/c1-18-13(17)12-11(14)9-16(15-12)8-7-10-5-3-2-4-6-10/h9-10H,2-8,14H2,1H3. The molecule has 0 amide bonds. The van der Waals surface area contributed by atoms with E-state index in [1.54, 1.807) is 10.9 Å². The molecule has 0 bridgehead atoms. The number of nitrogen functional groups attached to an aromatic ring is 1. The lowest BCUT2D eigenvalue weighted by atomic mass is 9.87. The first-order chi connectivity index (χ1) is 8.70. The van der Waals surface area contributed by atoms with Crippen LogP contribution >= 0.6 is 0 Å². The second-order valence-corrected chi connectivity index (χ2v) is 4.98. The van der Waals surface area contributed by atoms with Crippen LogP contribution in [0, 0.1) is 5.92 Å². The maximum atomic E-state index is 11.4. The summed E-state index contributed by atoms with van der Waals surface area (Å²) in [5, 5.41) is 4.18. The van der Waals surface area contributed by atoms with Crippen LogP contribution in [-0.4, -0.2) is 22.9 Å². The number of rotatable bonds is 4. The predicted molar refractivity (Wildman–Crippen MR) is 69.2 cm³/mol. The zero-order valence-electron chi connectivity index (χ0n) is 10.9. The monoisotopic (exact) mass is 251 g/mol. The lowest BCUT2D eigenvalue weighted by Gasteiger charge is -2.21. The minimum absolute atomic E-state index is 0.223. The van der Waals surface area contributed by atoms with Gasteiger partial charge in [-0.05, 0) is 12.3 Å². The molecular formula is C13H21N3O2. The molecule has 0 atom stereocenters. The highest BCUT2D eigenvalue weighted by Crippen LogP contribution is 2.26. The molecule has 18 heavy (non-hydrogen) atoms. The Labute approximate surface area is 107 Å². The molecule has 5 nitrogen and oxygen atoms in total. The molecule has 1 saturated carbocycles. The van der Waals surface area contributed by atoms with E-state index in [4.69, 9.17) is 5.73 Å². The van der Waals surface area contributed by atoms with Crippen LogP contribution in [0.15, 0.2) is 6.20 Å². The van der Waals surface area contributed by atoms with Crippen LogP contribution in [0.25, 0.3) is 0 Å². The Morgan fingerprint density at radius 2 is 2.22 bits per heavy atom. The average molecular weight is 251 g/mol. The number of aryl methyl sites for hydroxylation is 1. The fourth-order valence-electron chi connectivity index (χ4n) is 2.60. The molecule has 0 spiro atoms. The van der Waals surface area contributed by atoms with E-state index in [1.807, 2.05) is 0 Å². The summed E-state index contributed by atoms with van der Waals surface area (Å²) in [4.78, 5) is 11.4. The van der Waals surface area contributed by atoms with Crippen LogP contribution in [0.2, 0.25) is 0 Å². The molecule has 1 aliphatic carbocycles. The number of hydrogen-bond acceptors (Lipinski definition) is 4. The van der Waals surface area contributed by atoms with E-state index in [-0.39, 0.29) is 5.69 Å². The minimum atomic E-state index is -0.469. The highest BCUT2D eigenvalue weighted by Gasteiger charge is 2.17. The van der Waals surface area contributed by atoms with Crippen molar-refractivity contribution in [2.24, 2.45) is 5.92 Å². The second-order valence-electron chi connectivity index (χ2n) is 4.98. The van der Waals surface area contributed by atoms with Gasteiger partial charge in [0.25, 0.3) is 0 Å². The second kappa shape index (κ2) is 5.89. The summed E-state index contributed by atoms with van der Waals surface area (Å²) in [5.41, 5.74) is 6.36. The molecule has 1 aromatic heterocycles. The van der Waals surface area contributed by atoms with Gasteiger partial charge in [0.1, 0.15) is 0 Å². The van der Waals surface area contributed by atoms with Crippen molar-refractivity contribution in [1.29, 1.82) is 0 Å². The third kappa shape index (κ3) is 3.03. The zero-order valence-corrected chi connectivity index (χ0v) is 10.9. The fraction of sp³-hybridized carbons (Fsp3) is 0.692. The quantitative estimate of drug-likeness (QED) is 0.833. The summed E-state index contributed by atoms with van der Waals surface area (Å²) in [6.45, 7) is 0.825. The largest absolute Gasteiger partial charge is 0.464 e. The van der Waals surface area contributed by atoms with Crippen LogP contribution in [-0.2, 0) is 11.3 Å². The number of hydrogen-bond donors (Lipinski definition) is 1. The topological polar surface area (TPSA) is 70.1 Å². The van der Waals surface area contributed by atoms with Gasteiger partial charge in [0.05, 0.1) is 12.8 Å². The van der Waals surface area contributed by atoms with Gasteiger partial charge in [0.15, 0.2) is 5.69 Å². The summed E-state index contributed by atoms with van der Waals surface area (Å²) >= 11 is 0. The lowest BCUT2D eigenvalue weighted by molar-refractivity contribution is 0.0594. The van der Waals surface area contributed by atoms with Gasteiger partial charge in [-0.15, -0.1) is 0 Å². The number of aromatic nitrogens is 2. The number of esters is 1. The van der Waals surface area contributed by atoms with Crippen molar-refractivity contribution >= 4 is 11.7 Å². The molecule has 1 heterocycles. The summed E-state index contributed by atoms with van der Waals surface area (Å²) < 4.78 is 6.39. The first-order valence-corrected chi connectivity index (χ1v) is 6.62. The normalized spacial score (nSPS) is 16.7. The summed E-state index contributed by atoms with van der Waals surface area (Å²) in [6, 6.07) is 0. The molecule has 2 rings (SSSR count). The van der Waals surface area contributed by atoms with Crippen molar-refractivity contribution in [3.05, 3.63) is 11.9 Å². The zero-order chi connectivity index (χ0) is 13.0. The van der Waals surface area contributed by atoms with Crippen LogP contribution in [0.4, 0.5) is 5.69 Å². The number of nitrogens with zero attached hydrogens (tertiary/aromatic N) is 2. The Bertz CT molecular complexity index is 408. The van der Waals surface area contributed by atoms with Crippen LogP contribution in [0.1, 0.15) is 49.0 Å². The molecule has 0 saturated heterocycles. The van der Waals surface area contributed by atoms with Crippen molar-refractivity contribution in [2.75, 3.05) is 12.8 Å². The van der Waals surface area contributed by atoms with Crippen molar-refractivity contribution in [3.63, 3.8) is 0 Å². The van der Waals surface area contributed by atoms with E-state index in [0.717, 1.165) is 18.9 Å². The van der Waals surface area contributed by atoms with Gasteiger partial charge >= 0.3 is 5.97 Å². The maximum absolute atomic E-state index is 11.4. The predicted octanol–water partition coefficient (Wildman–Crippen LogP) is 2.22. The van der Waals surface area contributed by atoms with Crippen molar-refractivity contribution in [2.45, 2.75) is 45.1 Å². The molecule has 1 aliphatic rings. The van der Waals surface area contributed by atoms with E-state index in [1.165, 1.54) is 39.2 Å². The molecule has 0 aromatic carbocycles. The molecule has 0 aliphatic heterocycles. The highest BCUT2D eigenvalue weighted by atomic mass is 16.5. The molecule has 100 valence electrons. The van der Waals surface area contributed by atoms with E-state index < -0.39 is 5.97 Å². The lowest BCUT2D eigenvalue weighted by Crippen LogP contribution is -2.11. The number of nitrogens with two attached hydrogens (primary N) is 1. The van der Waals surface area contributed by atoms with Crippen molar-refractivity contribution in [3.8, 4) is 0 Å². The van der Waals surface area contributed by atoms with E-state index in [0.29, 0.717) is 5.69 Å². The fourth-order valence-corrected chi connectivity index (χ4v) is 2.60. The average Bonchev–Trinajstić information content (AvgIpc) is 2.78. The Balaban J connectivity index is 1.91. The van der Waals surface area contributed by atoms with Gasteiger partial charge in [-0.1, -0.05) is 32.1 Å². The Hall–Kier alpha value is -1.52. The molecular weight excluding hydrogens is 230 g/mol. The summed E-state index contributed by atoms with van der Waals surface area (Å²) in [7, 11) is 1.34. The first kappa shape index (κ1) is 12.9. The summed E-state index contributed by atoms with van der Waals surface area (Å²) in [5.74, 6) is 0.328. The van der Waals surface area contributed by atoms with Crippen LogP contribution in [0.3, 0.4) is 0 Å². The molecule has 1 aromatic rings. The van der Waals surface area contributed by atoms with Gasteiger partial charge in [0, 0.05) is 12.7 Å². The molecule has 1 fully saturated rings. The number of carbonyl (C=O) groups excluding carboxylic acids is 1. The Morgan fingerprint density at radius 1 is 1.50 bits per heavy atom. The van der Waals surface area contributed by atoms with E-state index in [2.05, 4.69) is 9.84 Å². The Kier molecular flexibility index (Phi) is 4.23. The number of anilines is 1. The van der Waals surface area contributed by atoms with E-state index in [9.17, 15) is 4.79 Å². The third-order valence-electron chi connectivity index (χ3n) is 3.66. The highest BCUT2D eigenvalue weighted by molar-refractivity contribution is 5.92. The van der Waals surface area contributed by atoms with E-state index >= 15 is 0 Å².